The molecule has 2 saturated heterocycles. The van der Waals surface area contributed by atoms with E-state index in [0.717, 1.165) is 0 Å². The van der Waals surface area contributed by atoms with Crippen molar-refractivity contribution in [3.8, 4) is 17.2 Å². The first-order valence-electron chi connectivity index (χ1n) is 11.4. The maximum Gasteiger partial charge on any atom is 0.269 e. The highest BCUT2D eigenvalue weighted by atomic mass is 32.2. The van der Waals surface area contributed by atoms with E-state index in [1.807, 2.05) is 6.92 Å². The van der Waals surface area contributed by atoms with Crippen LogP contribution in [0.1, 0.15) is 44.0 Å². The van der Waals surface area contributed by atoms with Crippen molar-refractivity contribution in [1.82, 2.24) is 15.8 Å². The summed E-state index contributed by atoms with van der Waals surface area (Å²) in [6.45, 7) is 6.62. The van der Waals surface area contributed by atoms with Crippen molar-refractivity contribution in [1.29, 1.82) is 0 Å². The van der Waals surface area contributed by atoms with Crippen LogP contribution in [0.15, 0.2) is 12.1 Å². The molecule has 2 N–H and O–H groups in total. The van der Waals surface area contributed by atoms with E-state index in [-0.39, 0.29) is 35.9 Å². The molecule has 0 spiro atoms. The summed E-state index contributed by atoms with van der Waals surface area (Å²) in [6, 6.07) is 2.60. The Balaban J connectivity index is 1.65. The number of likely N-dealkylation sites (tertiary alicyclic amines) is 1. The Labute approximate surface area is 199 Å². The molecule has 2 aliphatic rings. The number of benzene rings is 1. The lowest BCUT2D eigenvalue weighted by Crippen LogP contribution is -2.45. The van der Waals surface area contributed by atoms with Crippen LogP contribution in [-0.2, 0) is 19.4 Å². The van der Waals surface area contributed by atoms with Crippen LogP contribution in [0.3, 0.4) is 0 Å². The number of hydrazine groups is 1. The minimum absolute atomic E-state index is 0.0374. The lowest BCUT2D eigenvalue weighted by molar-refractivity contribution is -0.130. The Morgan fingerprint density at radius 1 is 1.03 bits per heavy atom. The Morgan fingerprint density at radius 3 is 2.18 bits per heavy atom. The minimum Gasteiger partial charge on any atom is -0.490 e. The molecule has 11 nitrogen and oxygen atoms in total. The van der Waals surface area contributed by atoms with E-state index in [1.165, 1.54) is 17.0 Å². The summed E-state index contributed by atoms with van der Waals surface area (Å²) in [4.78, 5) is 39.2. The van der Waals surface area contributed by atoms with Gasteiger partial charge in [0.15, 0.2) is 21.3 Å². The monoisotopic (exact) mass is 497 g/mol. The van der Waals surface area contributed by atoms with Gasteiger partial charge in [-0.25, -0.2) is 8.42 Å². The molecule has 2 atom stereocenters. The number of ether oxygens (including phenoxy) is 3. The summed E-state index contributed by atoms with van der Waals surface area (Å²) < 4.78 is 40.3. The first-order chi connectivity index (χ1) is 16.2. The van der Waals surface area contributed by atoms with Crippen LogP contribution in [-0.4, -0.2) is 75.0 Å². The van der Waals surface area contributed by atoms with Gasteiger partial charge >= 0.3 is 0 Å². The molecule has 1 aromatic rings. The highest BCUT2D eigenvalue weighted by Crippen LogP contribution is 2.39. The lowest BCUT2D eigenvalue weighted by Gasteiger charge is -2.23. The number of sulfone groups is 1. The molecule has 3 rings (SSSR count). The molecule has 2 fully saturated rings. The second-order valence-corrected chi connectivity index (χ2v) is 10.3. The molecule has 0 saturated carbocycles. The van der Waals surface area contributed by atoms with Crippen LogP contribution in [0.5, 0.6) is 17.2 Å². The van der Waals surface area contributed by atoms with Crippen LogP contribution in [0.25, 0.3) is 0 Å². The third-order valence-corrected chi connectivity index (χ3v) is 7.40. The van der Waals surface area contributed by atoms with Crippen molar-refractivity contribution in [3.63, 3.8) is 0 Å². The summed E-state index contributed by atoms with van der Waals surface area (Å²) in [5.41, 5.74) is 4.92. The molecule has 0 radical (unpaired) electrons. The summed E-state index contributed by atoms with van der Waals surface area (Å²) in [5.74, 6) is -1.02. The van der Waals surface area contributed by atoms with Crippen molar-refractivity contribution in [2.75, 3.05) is 37.9 Å². The van der Waals surface area contributed by atoms with Crippen molar-refractivity contribution in [2.45, 2.75) is 39.7 Å². The fraction of sp³-hybridized carbons (Fsp3) is 0.591. The maximum atomic E-state index is 12.7. The van der Waals surface area contributed by atoms with Gasteiger partial charge in [0.2, 0.25) is 17.6 Å². The third-order valence-electron chi connectivity index (χ3n) is 5.65. The van der Waals surface area contributed by atoms with Crippen LogP contribution in [0.4, 0.5) is 0 Å². The smallest absolute Gasteiger partial charge is 0.269 e. The maximum absolute atomic E-state index is 12.7. The van der Waals surface area contributed by atoms with Crippen molar-refractivity contribution in [2.24, 2.45) is 5.92 Å². The molecule has 0 bridgehead atoms. The molecule has 34 heavy (non-hydrogen) atoms. The Morgan fingerprint density at radius 2 is 1.65 bits per heavy atom. The van der Waals surface area contributed by atoms with Crippen molar-refractivity contribution >= 4 is 27.6 Å². The lowest BCUT2D eigenvalue weighted by atomic mass is 10.1. The summed E-state index contributed by atoms with van der Waals surface area (Å²) in [7, 11) is -3.15. The quantitative estimate of drug-likeness (QED) is 0.475. The number of carbonyl (C=O) groups is 3. The van der Waals surface area contributed by atoms with Gasteiger partial charge in [-0.1, -0.05) is 0 Å². The van der Waals surface area contributed by atoms with Crippen LogP contribution in [0.2, 0.25) is 0 Å². The highest BCUT2D eigenvalue weighted by Gasteiger charge is 2.42. The highest BCUT2D eigenvalue weighted by molar-refractivity contribution is 7.91. The van der Waals surface area contributed by atoms with Gasteiger partial charge in [-0.15, -0.1) is 0 Å². The van der Waals surface area contributed by atoms with Gasteiger partial charge in [-0.2, -0.15) is 0 Å². The zero-order chi connectivity index (χ0) is 24.9. The van der Waals surface area contributed by atoms with Crippen molar-refractivity contribution in [3.05, 3.63) is 17.7 Å². The second kappa shape index (κ2) is 10.9. The number of hydrogen-bond donors (Lipinski definition) is 2. The average Bonchev–Trinajstić information content (AvgIpc) is 3.35. The molecule has 0 aromatic heterocycles. The molecule has 188 valence electrons. The van der Waals surface area contributed by atoms with Gasteiger partial charge in [0.25, 0.3) is 5.91 Å². The molecule has 2 aliphatic heterocycles. The SMILES string of the molecule is CCOc1cc(C(=O)NNC(=O)[C@@H]2CC(=O)N([C@H]3CCS(=O)(=O)C3)C2)cc(OCC)c1OCC. The predicted molar refractivity (Wildman–Crippen MR) is 122 cm³/mol. The van der Waals surface area contributed by atoms with E-state index in [1.54, 1.807) is 13.8 Å². The average molecular weight is 498 g/mol. The van der Waals surface area contributed by atoms with E-state index in [9.17, 15) is 22.8 Å². The van der Waals surface area contributed by atoms with E-state index >= 15 is 0 Å². The largest absolute Gasteiger partial charge is 0.490 e. The number of hydrogen-bond acceptors (Lipinski definition) is 8. The Hall–Kier alpha value is -3.02. The van der Waals surface area contributed by atoms with E-state index in [4.69, 9.17) is 14.2 Å². The minimum atomic E-state index is -3.15. The van der Waals surface area contributed by atoms with E-state index < -0.39 is 33.6 Å². The number of nitrogens with one attached hydrogen (secondary N) is 2. The number of carbonyl (C=O) groups excluding carboxylic acids is 3. The molecule has 3 amide bonds. The zero-order valence-electron chi connectivity index (χ0n) is 19.6. The van der Waals surface area contributed by atoms with Gasteiger partial charge in [0, 0.05) is 24.6 Å². The topological polar surface area (TPSA) is 140 Å². The second-order valence-electron chi connectivity index (χ2n) is 8.05. The van der Waals surface area contributed by atoms with Crippen LogP contribution >= 0.6 is 0 Å². The summed E-state index contributed by atoms with van der Waals surface area (Å²) in [5, 5.41) is 0. The predicted octanol–water partition coefficient (Wildman–Crippen LogP) is 0.679. The summed E-state index contributed by atoms with van der Waals surface area (Å²) >= 11 is 0. The van der Waals surface area contributed by atoms with Gasteiger partial charge in [-0.3, -0.25) is 25.2 Å². The van der Waals surface area contributed by atoms with Gasteiger partial charge in [0.1, 0.15) is 0 Å². The molecular formula is C22H31N3O8S. The molecular weight excluding hydrogens is 466 g/mol. The number of rotatable bonds is 9. The van der Waals surface area contributed by atoms with Gasteiger partial charge in [-0.05, 0) is 39.3 Å². The normalized spacial score (nSPS) is 21.3. The van der Waals surface area contributed by atoms with Crippen molar-refractivity contribution < 1.29 is 37.0 Å². The molecule has 12 heteroatoms. The van der Waals surface area contributed by atoms with E-state index in [0.29, 0.717) is 43.5 Å². The molecule has 2 heterocycles. The fourth-order valence-corrected chi connectivity index (χ4v) is 5.82. The van der Waals surface area contributed by atoms with Gasteiger partial charge in [0.05, 0.1) is 37.2 Å². The fourth-order valence-electron chi connectivity index (χ4n) is 4.09. The van der Waals surface area contributed by atoms with Crippen LogP contribution < -0.4 is 25.1 Å². The first-order valence-corrected chi connectivity index (χ1v) is 13.2. The van der Waals surface area contributed by atoms with Crippen LogP contribution in [0, 0.1) is 5.92 Å². The van der Waals surface area contributed by atoms with Gasteiger partial charge < -0.3 is 19.1 Å². The molecule has 0 unspecified atom stereocenters. The first kappa shape index (κ1) is 25.6. The standard InChI is InChI=1S/C22H31N3O8S/c1-4-31-17-9-14(10-18(32-5-2)20(17)33-6-3)21(27)23-24-22(28)15-11-19(26)25(12-15)16-7-8-34(29,30)13-16/h9-10,15-16H,4-8,11-13H2,1-3H3,(H,23,27)(H,24,28)/t15-,16+/m1/s1. The third kappa shape index (κ3) is 5.91. The number of nitrogens with zero attached hydrogens (tertiary/aromatic N) is 1. The molecule has 0 aliphatic carbocycles. The molecule has 1 aromatic carbocycles. The summed E-state index contributed by atoms with van der Waals surface area (Å²) in [6.07, 6.45) is 0.339. The number of amides is 3. The zero-order valence-corrected chi connectivity index (χ0v) is 20.4. The Kier molecular flexibility index (Phi) is 8.24. The Bertz CT molecular complexity index is 1020. The van der Waals surface area contributed by atoms with E-state index in [2.05, 4.69) is 10.9 Å².